The van der Waals surface area contributed by atoms with Crippen LogP contribution in [0.2, 0.25) is 0 Å². The van der Waals surface area contributed by atoms with Crippen molar-refractivity contribution in [2.45, 2.75) is 12.5 Å². The van der Waals surface area contributed by atoms with Gasteiger partial charge in [0.1, 0.15) is 0 Å². The molecule has 0 radical (unpaired) electrons. The third kappa shape index (κ3) is 3.99. The molecule has 0 fully saturated rings. The third-order valence-corrected chi connectivity index (χ3v) is 2.87. The first-order chi connectivity index (χ1) is 7.27. The number of rotatable bonds is 6. The molecule has 0 spiro atoms. The number of thiophene rings is 1. The zero-order valence-corrected chi connectivity index (χ0v) is 9.46. The van der Waals surface area contributed by atoms with Crippen LogP contribution in [-0.4, -0.2) is 32.3 Å². The van der Waals surface area contributed by atoms with Crippen LogP contribution >= 0.6 is 11.3 Å². The summed E-state index contributed by atoms with van der Waals surface area (Å²) in [5.74, 6) is -0.392. The molecular weight excluding hydrogens is 214 g/mol. The molecule has 0 aromatic carbocycles. The van der Waals surface area contributed by atoms with E-state index < -0.39 is 12.1 Å². The zero-order valence-electron chi connectivity index (χ0n) is 8.64. The maximum absolute atomic E-state index is 11.3. The summed E-state index contributed by atoms with van der Waals surface area (Å²) >= 11 is 1.65. The van der Waals surface area contributed by atoms with Gasteiger partial charge in [0.2, 0.25) is 0 Å². The van der Waals surface area contributed by atoms with Gasteiger partial charge in [-0.3, -0.25) is 0 Å². The maximum Gasteiger partial charge on any atom is 0.336 e. The van der Waals surface area contributed by atoms with Crippen molar-refractivity contribution in [1.29, 1.82) is 0 Å². The Morgan fingerprint density at radius 2 is 2.47 bits per heavy atom. The van der Waals surface area contributed by atoms with Gasteiger partial charge in [-0.15, -0.1) is 11.3 Å². The van der Waals surface area contributed by atoms with E-state index in [4.69, 9.17) is 15.2 Å². The van der Waals surface area contributed by atoms with Crippen molar-refractivity contribution in [3.8, 4) is 0 Å². The van der Waals surface area contributed by atoms with Gasteiger partial charge in [0.15, 0.2) is 6.10 Å². The molecule has 1 aromatic rings. The molecule has 2 N–H and O–H groups in total. The van der Waals surface area contributed by atoms with Crippen LogP contribution in [0.5, 0.6) is 0 Å². The second-order valence-corrected chi connectivity index (χ2v) is 3.99. The van der Waals surface area contributed by atoms with Gasteiger partial charge in [-0.25, -0.2) is 4.79 Å². The number of nitrogens with two attached hydrogens (primary N) is 1. The van der Waals surface area contributed by atoms with Crippen LogP contribution in [0.15, 0.2) is 17.5 Å². The average Bonchev–Trinajstić information content (AvgIpc) is 2.72. The Hall–Kier alpha value is -0.910. The molecule has 1 unspecified atom stereocenters. The fourth-order valence-electron chi connectivity index (χ4n) is 1.09. The monoisotopic (exact) mass is 229 g/mol. The van der Waals surface area contributed by atoms with E-state index in [2.05, 4.69) is 0 Å². The summed E-state index contributed by atoms with van der Waals surface area (Å²) in [7, 11) is 1.44. The van der Waals surface area contributed by atoms with Crippen LogP contribution in [-0.2, 0) is 20.7 Å². The number of hydrogen-bond acceptors (Lipinski definition) is 5. The lowest BCUT2D eigenvalue weighted by molar-refractivity contribution is -0.154. The molecule has 4 nitrogen and oxygen atoms in total. The largest absolute Gasteiger partial charge is 0.463 e. The molecular formula is C10H15NO3S. The topological polar surface area (TPSA) is 61.5 Å². The van der Waals surface area contributed by atoms with Gasteiger partial charge in [-0.1, -0.05) is 6.07 Å². The molecule has 1 heterocycles. The first-order valence-electron chi connectivity index (χ1n) is 4.69. The highest BCUT2D eigenvalue weighted by Gasteiger charge is 2.16. The molecule has 5 heteroatoms. The quantitative estimate of drug-likeness (QED) is 0.733. The molecule has 1 aromatic heterocycles. The minimum Gasteiger partial charge on any atom is -0.463 e. The number of hydrogen-bond donors (Lipinski definition) is 1. The van der Waals surface area contributed by atoms with Crippen LogP contribution in [0, 0.1) is 0 Å². The van der Waals surface area contributed by atoms with Crippen LogP contribution in [0.3, 0.4) is 0 Å². The fourth-order valence-corrected chi connectivity index (χ4v) is 1.78. The highest BCUT2D eigenvalue weighted by atomic mass is 32.1. The van der Waals surface area contributed by atoms with Crippen molar-refractivity contribution >= 4 is 17.3 Å². The number of methoxy groups -OCH3 is 1. The Bertz CT molecular complexity index is 283. The molecule has 0 aliphatic carbocycles. The van der Waals surface area contributed by atoms with Gasteiger partial charge in [-0.05, 0) is 11.4 Å². The van der Waals surface area contributed by atoms with Gasteiger partial charge in [0.05, 0.1) is 6.61 Å². The molecule has 0 aliphatic heterocycles. The van der Waals surface area contributed by atoms with Crippen molar-refractivity contribution in [2.75, 3.05) is 20.3 Å². The first kappa shape index (κ1) is 12.2. The number of carbonyl (C=O) groups excluding carboxylic acids is 1. The number of carbonyl (C=O) groups is 1. The maximum atomic E-state index is 11.3. The van der Waals surface area contributed by atoms with E-state index in [0.29, 0.717) is 6.61 Å². The van der Waals surface area contributed by atoms with Gasteiger partial charge >= 0.3 is 5.97 Å². The molecule has 84 valence electrons. The molecule has 0 amide bonds. The van der Waals surface area contributed by atoms with Crippen molar-refractivity contribution in [1.82, 2.24) is 0 Å². The van der Waals surface area contributed by atoms with Crippen molar-refractivity contribution in [3.05, 3.63) is 22.4 Å². The Labute approximate surface area is 93.0 Å². The predicted molar refractivity (Wildman–Crippen MR) is 58.8 cm³/mol. The molecule has 0 aliphatic rings. The van der Waals surface area contributed by atoms with E-state index in [1.807, 2.05) is 17.5 Å². The minimum absolute atomic E-state index is 0.147. The lowest BCUT2D eigenvalue weighted by Crippen LogP contribution is -2.33. The standard InChI is InChI=1S/C10H15NO3S/c1-13-9(7-11)10(12)14-5-4-8-3-2-6-15-8/h2-3,6,9H,4-5,7,11H2,1H3. The first-order valence-corrected chi connectivity index (χ1v) is 5.57. The molecule has 0 saturated heterocycles. The summed E-state index contributed by atoms with van der Waals surface area (Å²) in [4.78, 5) is 12.5. The molecule has 1 rings (SSSR count). The van der Waals surface area contributed by atoms with E-state index in [1.165, 1.54) is 12.0 Å². The smallest absolute Gasteiger partial charge is 0.336 e. The van der Waals surface area contributed by atoms with Crippen LogP contribution < -0.4 is 5.73 Å². The van der Waals surface area contributed by atoms with Crippen molar-refractivity contribution in [3.63, 3.8) is 0 Å². The van der Waals surface area contributed by atoms with Crippen LogP contribution in [0.1, 0.15) is 4.88 Å². The van der Waals surface area contributed by atoms with Crippen LogP contribution in [0.25, 0.3) is 0 Å². The third-order valence-electron chi connectivity index (χ3n) is 1.93. The molecule has 1 atom stereocenters. The summed E-state index contributed by atoms with van der Waals surface area (Å²) in [6.45, 7) is 0.521. The van der Waals surface area contributed by atoms with Crippen LogP contribution in [0.4, 0.5) is 0 Å². The fraction of sp³-hybridized carbons (Fsp3) is 0.500. The average molecular weight is 229 g/mol. The predicted octanol–water partition coefficient (Wildman–Crippen LogP) is 0.808. The summed E-state index contributed by atoms with van der Waals surface area (Å²) in [5, 5.41) is 2.00. The van der Waals surface area contributed by atoms with E-state index >= 15 is 0 Å². The highest BCUT2D eigenvalue weighted by Crippen LogP contribution is 2.09. The number of ether oxygens (including phenoxy) is 2. The summed E-state index contributed by atoms with van der Waals surface area (Å²) in [6.07, 6.45) is 0.0954. The van der Waals surface area contributed by atoms with E-state index in [0.717, 1.165) is 6.42 Å². The van der Waals surface area contributed by atoms with Gasteiger partial charge in [0, 0.05) is 25.0 Å². The zero-order chi connectivity index (χ0) is 11.1. The van der Waals surface area contributed by atoms with Gasteiger partial charge < -0.3 is 15.2 Å². The second-order valence-electron chi connectivity index (χ2n) is 2.96. The lowest BCUT2D eigenvalue weighted by atomic mass is 10.3. The van der Waals surface area contributed by atoms with Crippen molar-refractivity contribution < 1.29 is 14.3 Å². The summed E-state index contributed by atoms with van der Waals surface area (Å²) in [5.41, 5.74) is 5.33. The van der Waals surface area contributed by atoms with E-state index in [1.54, 1.807) is 11.3 Å². The van der Waals surface area contributed by atoms with Crippen molar-refractivity contribution in [2.24, 2.45) is 5.73 Å². The lowest BCUT2D eigenvalue weighted by Gasteiger charge is -2.11. The van der Waals surface area contributed by atoms with Gasteiger partial charge in [0.25, 0.3) is 0 Å². The Kier molecular flexibility index (Phi) is 5.31. The molecule has 0 bridgehead atoms. The Balaban J connectivity index is 2.22. The summed E-state index contributed by atoms with van der Waals surface area (Å²) in [6, 6.07) is 3.98. The Morgan fingerprint density at radius 1 is 1.67 bits per heavy atom. The second kappa shape index (κ2) is 6.55. The normalized spacial score (nSPS) is 12.4. The summed E-state index contributed by atoms with van der Waals surface area (Å²) < 4.78 is 9.87. The number of esters is 1. The minimum atomic E-state index is -0.645. The molecule has 15 heavy (non-hydrogen) atoms. The SMILES string of the molecule is COC(CN)C(=O)OCCc1cccs1. The van der Waals surface area contributed by atoms with E-state index in [9.17, 15) is 4.79 Å². The molecule has 0 saturated carbocycles. The Morgan fingerprint density at radius 3 is 3.00 bits per heavy atom. The highest BCUT2D eigenvalue weighted by molar-refractivity contribution is 7.09. The van der Waals surface area contributed by atoms with Gasteiger partial charge in [-0.2, -0.15) is 0 Å². The van der Waals surface area contributed by atoms with E-state index in [-0.39, 0.29) is 6.54 Å².